The highest BCUT2D eigenvalue weighted by atomic mass is 35.5. The van der Waals surface area contributed by atoms with Gasteiger partial charge in [0, 0.05) is 16.2 Å². The van der Waals surface area contributed by atoms with Crippen molar-refractivity contribution in [3.05, 3.63) is 76.3 Å². The van der Waals surface area contributed by atoms with E-state index in [2.05, 4.69) is 5.32 Å². The van der Waals surface area contributed by atoms with E-state index in [-0.39, 0.29) is 5.91 Å². The van der Waals surface area contributed by atoms with Gasteiger partial charge in [0.05, 0.1) is 11.3 Å². The third-order valence-corrected chi connectivity index (χ3v) is 4.63. The van der Waals surface area contributed by atoms with E-state index in [4.69, 9.17) is 16.3 Å². The fourth-order valence-corrected chi connectivity index (χ4v) is 3.45. The van der Waals surface area contributed by atoms with Gasteiger partial charge in [0.2, 0.25) is 0 Å². The maximum absolute atomic E-state index is 13.4. The van der Waals surface area contributed by atoms with Crippen molar-refractivity contribution in [1.82, 2.24) is 0 Å². The Morgan fingerprint density at radius 3 is 2.72 bits per heavy atom. The Labute approximate surface area is 149 Å². The van der Waals surface area contributed by atoms with Crippen LogP contribution in [0.2, 0.25) is 5.02 Å². The van der Waals surface area contributed by atoms with Crippen molar-refractivity contribution in [1.29, 1.82) is 0 Å². The number of rotatable bonds is 1. The molecule has 0 spiro atoms. The zero-order valence-corrected chi connectivity index (χ0v) is 14.4. The van der Waals surface area contributed by atoms with Crippen molar-refractivity contribution < 1.29 is 13.9 Å². The number of hydrogen-bond acceptors (Lipinski definition) is 2. The molecule has 1 N–H and O–H groups in total. The first-order valence-electron chi connectivity index (χ1n) is 7.88. The number of amides is 1. The van der Waals surface area contributed by atoms with E-state index in [1.165, 1.54) is 12.1 Å². The zero-order valence-electron chi connectivity index (χ0n) is 13.7. The molecule has 4 rings (SSSR count). The minimum atomic E-state index is -0.615. The molecular formula is C20H15ClFNO2. The van der Waals surface area contributed by atoms with Crippen LogP contribution in [0, 0.1) is 5.82 Å². The summed E-state index contributed by atoms with van der Waals surface area (Å²) >= 11 is 6.11. The van der Waals surface area contributed by atoms with Crippen LogP contribution in [0.3, 0.4) is 0 Å². The standard InChI is InChI=1S/C20H15ClFNO2/c1-20(2)15(11-4-3-5-12(21)8-11)10-17(25-20)18-14-7-6-13(22)9-16(14)23-19(18)24/h3-10H,1-2H3,(H,23,24)/b18-17+. The fraction of sp³-hybridized carbons (Fsp3) is 0.150. The van der Waals surface area contributed by atoms with Gasteiger partial charge in [0.1, 0.15) is 17.2 Å². The molecule has 0 bridgehead atoms. The highest BCUT2D eigenvalue weighted by molar-refractivity contribution is 6.32. The molecule has 0 aliphatic carbocycles. The molecule has 0 atom stereocenters. The number of halogens is 2. The highest BCUT2D eigenvalue weighted by Gasteiger charge is 2.38. The van der Waals surface area contributed by atoms with Crippen molar-refractivity contribution in [3.63, 3.8) is 0 Å². The summed E-state index contributed by atoms with van der Waals surface area (Å²) in [7, 11) is 0. The molecule has 126 valence electrons. The highest BCUT2D eigenvalue weighted by Crippen LogP contribution is 2.44. The van der Waals surface area contributed by atoms with E-state index in [0.29, 0.717) is 27.6 Å². The summed E-state index contributed by atoms with van der Waals surface area (Å²) in [6, 6.07) is 11.7. The first kappa shape index (κ1) is 15.9. The van der Waals surface area contributed by atoms with Crippen LogP contribution in [-0.4, -0.2) is 11.5 Å². The van der Waals surface area contributed by atoms with Crippen LogP contribution in [-0.2, 0) is 9.53 Å². The van der Waals surface area contributed by atoms with E-state index in [9.17, 15) is 9.18 Å². The van der Waals surface area contributed by atoms with E-state index < -0.39 is 11.4 Å². The lowest BCUT2D eigenvalue weighted by atomic mass is 9.92. The molecular weight excluding hydrogens is 341 g/mol. The minimum Gasteiger partial charge on any atom is -0.482 e. The SMILES string of the molecule is CC1(C)O/C(=C2/C(=O)Nc3cc(F)ccc32)C=C1c1cccc(Cl)c1. The Hall–Kier alpha value is -2.59. The number of allylic oxidation sites excluding steroid dienone is 1. The lowest BCUT2D eigenvalue weighted by Crippen LogP contribution is -2.21. The van der Waals surface area contributed by atoms with Crippen molar-refractivity contribution in [2.75, 3.05) is 5.32 Å². The van der Waals surface area contributed by atoms with Gasteiger partial charge < -0.3 is 10.1 Å². The van der Waals surface area contributed by atoms with E-state index in [1.54, 1.807) is 6.07 Å². The van der Waals surface area contributed by atoms with Crippen molar-refractivity contribution in [2.24, 2.45) is 0 Å². The molecule has 2 aliphatic rings. The molecule has 25 heavy (non-hydrogen) atoms. The number of benzene rings is 2. The molecule has 2 aromatic carbocycles. The summed E-state index contributed by atoms with van der Waals surface area (Å²) in [5.74, 6) is -0.217. The second-order valence-corrected chi connectivity index (χ2v) is 7.00. The predicted octanol–water partition coefficient (Wildman–Crippen LogP) is 5.03. The van der Waals surface area contributed by atoms with Gasteiger partial charge in [-0.05, 0) is 55.8 Å². The maximum atomic E-state index is 13.4. The summed E-state index contributed by atoms with van der Waals surface area (Å²) in [4.78, 5) is 12.4. The zero-order chi connectivity index (χ0) is 17.8. The van der Waals surface area contributed by atoms with Gasteiger partial charge in [0.25, 0.3) is 5.91 Å². The van der Waals surface area contributed by atoms with Crippen LogP contribution >= 0.6 is 11.6 Å². The maximum Gasteiger partial charge on any atom is 0.260 e. The second-order valence-electron chi connectivity index (χ2n) is 6.56. The van der Waals surface area contributed by atoms with Crippen molar-refractivity contribution in [2.45, 2.75) is 19.4 Å². The molecule has 5 heteroatoms. The predicted molar refractivity (Wildman–Crippen MR) is 96.5 cm³/mol. The first-order chi connectivity index (χ1) is 11.8. The largest absolute Gasteiger partial charge is 0.482 e. The molecule has 0 saturated heterocycles. The number of carbonyl (C=O) groups is 1. The van der Waals surface area contributed by atoms with E-state index in [1.807, 2.05) is 44.2 Å². The molecule has 1 amide bonds. The lowest BCUT2D eigenvalue weighted by molar-refractivity contribution is -0.111. The lowest BCUT2D eigenvalue weighted by Gasteiger charge is -2.23. The van der Waals surface area contributed by atoms with Gasteiger partial charge in [-0.1, -0.05) is 23.7 Å². The van der Waals surface area contributed by atoms with Crippen molar-refractivity contribution in [3.8, 4) is 0 Å². The van der Waals surface area contributed by atoms with Crippen molar-refractivity contribution >= 4 is 34.3 Å². The Balaban J connectivity index is 1.88. The van der Waals surface area contributed by atoms with E-state index >= 15 is 0 Å². The third-order valence-electron chi connectivity index (χ3n) is 4.40. The number of ether oxygens (including phenoxy) is 1. The number of anilines is 1. The van der Waals surface area contributed by atoms with Crippen LogP contribution in [0.4, 0.5) is 10.1 Å². The molecule has 0 fully saturated rings. The smallest absolute Gasteiger partial charge is 0.260 e. The Bertz CT molecular complexity index is 975. The number of carbonyl (C=O) groups excluding carboxylic acids is 1. The minimum absolute atomic E-state index is 0.296. The molecule has 0 aromatic heterocycles. The van der Waals surface area contributed by atoms with Crippen LogP contribution in [0.15, 0.2) is 54.3 Å². The van der Waals surface area contributed by atoms with Gasteiger partial charge in [-0.3, -0.25) is 4.79 Å². The normalized spacial score (nSPS) is 20.8. The summed E-state index contributed by atoms with van der Waals surface area (Å²) < 4.78 is 19.5. The first-order valence-corrected chi connectivity index (χ1v) is 8.26. The molecule has 2 heterocycles. The molecule has 2 aliphatic heterocycles. The Kier molecular flexibility index (Phi) is 3.48. The quantitative estimate of drug-likeness (QED) is 0.728. The molecule has 2 aromatic rings. The third kappa shape index (κ3) is 2.63. The van der Waals surface area contributed by atoms with E-state index in [0.717, 1.165) is 11.1 Å². The average Bonchev–Trinajstić information content (AvgIpc) is 3.02. The molecule has 0 unspecified atom stereocenters. The second kappa shape index (κ2) is 5.46. The van der Waals surface area contributed by atoms with Gasteiger partial charge in [-0.25, -0.2) is 4.39 Å². The Morgan fingerprint density at radius 1 is 1.16 bits per heavy atom. The van der Waals surface area contributed by atoms with Gasteiger partial charge >= 0.3 is 0 Å². The Morgan fingerprint density at radius 2 is 1.96 bits per heavy atom. The van der Waals surface area contributed by atoms with Gasteiger partial charge in [-0.15, -0.1) is 0 Å². The average molecular weight is 356 g/mol. The fourth-order valence-electron chi connectivity index (χ4n) is 3.26. The van der Waals surface area contributed by atoms with Crippen LogP contribution in [0.25, 0.3) is 11.1 Å². The number of fused-ring (bicyclic) bond motifs is 1. The summed E-state index contributed by atoms with van der Waals surface area (Å²) in [6.07, 6.45) is 1.86. The monoisotopic (exact) mass is 355 g/mol. The summed E-state index contributed by atoms with van der Waals surface area (Å²) in [6.45, 7) is 3.87. The molecule has 0 radical (unpaired) electrons. The van der Waals surface area contributed by atoms with Crippen LogP contribution in [0.1, 0.15) is 25.0 Å². The topological polar surface area (TPSA) is 38.3 Å². The van der Waals surface area contributed by atoms with Gasteiger partial charge in [-0.2, -0.15) is 0 Å². The summed E-state index contributed by atoms with van der Waals surface area (Å²) in [5, 5.41) is 3.32. The molecule has 0 saturated carbocycles. The van der Waals surface area contributed by atoms with Crippen LogP contribution in [0.5, 0.6) is 0 Å². The summed E-state index contributed by atoms with van der Waals surface area (Å²) in [5.41, 5.74) is 2.77. The number of nitrogens with one attached hydrogen (secondary N) is 1. The van der Waals surface area contributed by atoms with Gasteiger partial charge in [0.15, 0.2) is 0 Å². The van der Waals surface area contributed by atoms with Crippen LogP contribution < -0.4 is 5.32 Å². The number of hydrogen-bond donors (Lipinski definition) is 1. The molecule has 3 nitrogen and oxygen atoms in total.